The summed E-state index contributed by atoms with van der Waals surface area (Å²) in [6.45, 7) is 0.423. The van der Waals surface area contributed by atoms with Gasteiger partial charge in [0.05, 0.1) is 17.9 Å². The minimum absolute atomic E-state index is 0.134. The van der Waals surface area contributed by atoms with E-state index in [-0.39, 0.29) is 5.91 Å². The lowest BCUT2D eigenvalue weighted by Gasteiger charge is -2.02. The second kappa shape index (κ2) is 7.37. The van der Waals surface area contributed by atoms with Gasteiger partial charge in [0, 0.05) is 31.1 Å². The van der Waals surface area contributed by atoms with Gasteiger partial charge in [-0.05, 0) is 29.8 Å². The van der Waals surface area contributed by atoms with Gasteiger partial charge in [-0.15, -0.1) is 0 Å². The zero-order chi connectivity index (χ0) is 16.8. The molecule has 0 spiro atoms. The molecule has 5 heteroatoms. The Balaban J connectivity index is 1.62. The second-order valence-corrected chi connectivity index (χ2v) is 5.34. The van der Waals surface area contributed by atoms with Crippen molar-refractivity contribution in [3.05, 3.63) is 78.3 Å². The molecule has 0 fully saturated rings. The van der Waals surface area contributed by atoms with E-state index in [1.165, 1.54) is 6.08 Å². The molecule has 0 unspecified atom stereocenters. The van der Waals surface area contributed by atoms with Crippen molar-refractivity contribution in [3.8, 4) is 11.3 Å². The molecule has 24 heavy (non-hydrogen) atoms. The molecular formula is C19H18N4O. The molecule has 0 aliphatic heterocycles. The molecule has 120 valence electrons. The van der Waals surface area contributed by atoms with Gasteiger partial charge in [0.2, 0.25) is 5.91 Å². The van der Waals surface area contributed by atoms with Crippen molar-refractivity contribution in [3.63, 3.8) is 0 Å². The predicted octanol–water partition coefficient (Wildman–Crippen LogP) is 2.81. The van der Waals surface area contributed by atoms with Gasteiger partial charge in [-0.25, -0.2) is 0 Å². The maximum absolute atomic E-state index is 11.9. The van der Waals surface area contributed by atoms with Crippen molar-refractivity contribution >= 4 is 12.0 Å². The van der Waals surface area contributed by atoms with Crippen molar-refractivity contribution in [2.24, 2.45) is 7.05 Å². The van der Waals surface area contributed by atoms with Crippen LogP contribution in [0.15, 0.2) is 67.0 Å². The number of aromatic nitrogens is 3. The summed E-state index contributed by atoms with van der Waals surface area (Å²) in [4.78, 5) is 15.9. The first-order valence-corrected chi connectivity index (χ1v) is 7.66. The monoisotopic (exact) mass is 318 g/mol. The second-order valence-electron chi connectivity index (χ2n) is 5.34. The topological polar surface area (TPSA) is 59.8 Å². The van der Waals surface area contributed by atoms with E-state index in [0.29, 0.717) is 6.54 Å². The standard InChI is InChI=1S/C19H18N4O/c1-23-17(13-18(22-23)16-9-11-20-12-10-16)14-21-19(24)8-7-15-5-3-2-4-6-15/h2-13H,14H2,1H3,(H,21,24)/b8-7+. The summed E-state index contributed by atoms with van der Waals surface area (Å²) >= 11 is 0. The number of amides is 1. The van der Waals surface area contributed by atoms with E-state index in [9.17, 15) is 4.79 Å². The van der Waals surface area contributed by atoms with E-state index >= 15 is 0 Å². The van der Waals surface area contributed by atoms with Crippen LogP contribution in [0.25, 0.3) is 17.3 Å². The van der Waals surface area contributed by atoms with Crippen LogP contribution >= 0.6 is 0 Å². The average Bonchev–Trinajstić information content (AvgIpc) is 3.01. The molecule has 3 rings (SSSR count). The molecule has 2 aromatic heterocycles. The van der Waals surface area contributed by atoms with Crippen LogP contribution in [-0.4, -0.2) is 20.7 Å². The number of rotatable bonds is 5. The van der Waals surface area contributed by atoms with Gasteiger partial charge < -0.3 is 5.32 Å². The summed E-state index contributed by atoms with van der Waals surface area (Å²) in [5, 5.41) is 7.35. The normalized spacial score (nSPS) is 10.9. The predicted molar refractivity (Wildman–Crippen MR) is 93.8 cm³/mol. The van der Waals surface area contributed by atoms with Gasteiger partial charge in [0.1, 0.15) is 0 Å². The average molecular weight is 318 g/mol. The third kappa shape index (κ3) is 3.95. The molecule has 0 saturated heterocycles. The molecule has 5 nitrogen and oxygen atoms in total. The fraction of sp³-hybridized carbons (Fsp3) is 0.105. The number of nitrogens with zero attached hydrogens (tertiary/aromatic N) is 3. The van der Waals surface area contributed by atoms with Crippen molar-refractivity contribution in [2.45, 2.75) is 6.54 Å². The van der Waals surface area contributed by atoms with E-state index in [2.05, 4.69) is 15.4 Å². The van der Waals surface area contributed by atoms with E-state index in [1.807, 2.05) is 55.6 Å². The highest BCUT2D eigenvalue weighted by Gasteiger charge is 2.07. The van der Waals surface area contributed by atoms with E-state index in [4.69, 9.17) is 0 Å². The van der Waals surface area contributed by atoms with Gasteiger partial charge in [0.25, 0.3) is 0 Å². The lowest BCUT2D eigenvalue weighted by atomic mass is 10.2. The molecule has 0 aliphatic rings. The first kappa shape index (κ1) is 15.7. The largest absolute Gasteiger partial charge is 0.347 e. The van der Waals surface area contributed by atoms with Crippen LogP contribution in [-0.2, 0) is 18.4 Å². The van der Waals surface area contributed by atoms with Crippen LogP contribution in [0.2, 0.25) is 0 Å². The molecule has 0 radical (unpaired) electrons. The van der Waals surface area contributed by atoms with Crippen molar-refractivity contribution in [2.75, 3.05) is 0 Å². The van der Waals surface area contributed by atoms with Crippen LogP contribution in [0.1, 0.15) is 11.3 Å². The Morgan fingerprint density at radius 3 is 2.67 bits per heavy atom. The Morgan fingerprint density at radius 2 is 1.92 bits per heavy atom. The molecule has 0 saturated carbocycles. The van der Waals surface area contributed by atoms with Crippen LogP contribution in [0.5, 0.6) is 0 Å². The zero-order valence-corrected chi connectivity index (χ0v) is 13.4. The Labute approximate surface area is 140 Å². The molecule has 0 bridgehead atoms. The maximum Gasteiger partial charge on any atom is 0.244 e. The van der Waals surface area contributed by atoms with Crippen LogP contribution in [0.3, 0.4) is 0 Å². The Hall–Kier alpha value is -3.21. The van der Waals surface area contributed by atoms with Gasteiger partial charge in [-0.2, -0.15) is 5.10 Å². The molecular weight excluding hydrogens is 300 g/mol. The third-order valence-corrected chi connectivity index (χ3v) is 3.62. The number of carbonyl (C=O) groups is 1. The van der Waals surface area contributed by atoms with Gasteiger partial charge in [0.15, 0.2) is 0 Å². The molecule has 0 atom stereocenters. The summed E-state index contributed by atoms with van der Waals surface area (Å²) < 4.78 is 1.77. The molecule has 2 heterocycles. The van der Waals surface area contributed by atoms with E-state index in [0.717, 1.165) is 22.5 Å². The summed E-state index contributed by atoms with van der Waals surface area (Å²) in [6, 6.07) is 15.5. The molecule has 1 aromatic carbocycles. The first-order chi connectivity index (χ1) is 11.7. The highest BCUT2D eigenvalue weighted by Crippen LogP contribution is 2.17. The van der Waals surface area contributed by atoms with E-state index in [1.54, 1.807) is 23.2 Å². The van der Waals surface area contributed by atoms with E-state index < -0.39 is 0 Å². The lowest BCUT2D eigenvalue weighted by Crippen LogP contribution is -2.21. The number of hydrogen-bond acceptors (Lipinski definition) is 3. The number of nitrogens with one attached hydrogen (secondary N) is 1. The SMILES string of the molecule is Cn1nc(-c2ccncc2)cc1CNC(=O)/C=C/c1ccccc1. The number of carbonyl (C=O) groups excluding carboxylic acids is 1. The van der Waals surface area contributed by atoms with Gasteiger partial charge >= 0.3 is 0 Å². The van der Waals surface area contributed by atoms with Crippen molar-refractivity contribution in [1.29, 1.82) is 0 Å². The fourth-order valence-electron chi connectivity index (χ4n) is 2.31. The number of benzene rings is 1. The number of hydrogen-bond donors (Lipinski definition) is 1. The zero-order valence-electron chi connectivity index (χ0n) is 13.4. The Morgan fingerprint density at radius 1 is 1.17 bits per heavy atom. The minimum Gasteiger partial charge on any atom is -0.347 e. The quantitative estimate of drug-likeness (QED) is 0.736. The Bertz CT molecular complexity index is 838. The highest BCUT2D eigenvalue weighted by molar-refractivity contribution is 5.91. The van der Waals surface area contributed by atoms with Crippen molar-refractivity contribution in [1.82, 2.24) is 20.1 Å². The van der Waals surface area contributed by atoms with Gasteiger partial charge in [-0.1, -0.05) is 30.3 Å². The minimum atomic E-state index is -0.134. The molecule has 1 N–H and O–H groups in total. The maximum atomic E-state index is 11.9. The van der Waals surface area contributed by atoms with Crippen molar-refractivity contribution < 1.29 is 4.79 Å². The Kier molecular flexibility index (Phi) is 4.81. The third-order valence-electron chi connectivity index (χ3n) is 3.62. The van der Waals surface area contributed by atoms with Crippen LogP contribution < -0.4 is 5.32 Å². The first-order valence-electron chi connectivity index (χ1n) is 7.66. The van der Waals surface area contributed by atoms with Gasteiger partial charge in [-0.3, -0.25) is 14.5 Å². The lowest BCUT2D eigenvalue weighted by molar-refractivity contribution is -0.116. The number of aryl methyl sites for hydroxylation is 1. The smallest absolute Gasteiger partial charge is 0.244 e. The summed E-state index contributed by atoms with van der Waals surface area (Å²) in [5.41, 5.74) is 3.79. The fourth-order valence-corrected chi connectivity index (χ4v) is 2.31. The molecule has 3 aromatic rings. The summed E-state index contributed by atoms with van der Waals surface area (Å²) in [6.07, 6.45) is 6.80. The van der Waals surface area contributed by atoms with Crippen LogP contribution in [0, 0.1) is 0 Å². The summed E-state index contributed by atoms with van der Waals surface area (Å²) in [7, 11) is 1.87. The number of pyridine rings is 1. The molecule has 0 aliphatic carbocycles. The van der Waals surface area contributed by atoms with Crippen LogP contribution in [0.4, 0.5) is 0 Å². The highest BCUT2D eigenvalue weighted by atomic mass is 16.1. The molecule has 1 amide bonds. The summed E-state index contributed by atoms with van der Waals surface area (Å²) in [5.74, 6) is -0.134.